The van der Waals surface area contributed by atoms with Crippen LogP contribution in [0, 0.1) is 22.9 Å². The molecule has 2 heterocycles. The van der Waals surface area contributed by atoms with E-state index in [4.69, 9.17) is 4.74 Å². The van der Waals surface area contributed by atoms with E-state index in [1.54, 1.807) is 19.1 Å². The Morgan fingerprint density at radius 2 is 2.00 bits per heavy atom. The minimum absolute atomic E-state index is 0.0577. The van der Waals surface area contributed by atoms with E-state index in [0.717, 1.165) is 6.07 Å². The van der Waals surface area contributed by atoms with E-state index in [2.05, 4.69) is 4.98 Å². The maximum Gasteiger partial charge on any atom is 0.274 e. The summed E-state index contributed by atoms with van der Waals surface area (Å²) in [5.74, 6) is -0.410. The number of sulfonamides is 1. The van der Waals surface area contributed by atoms with Crippen LogP contribution < -0.4 is 4.74 Å². The zero-order valence-electron chi connectivity index (χ0n) is 15.9. The number of hydrogen-bond donors (Lipinski definition) is 0. The average Bonchev–Trinajstić information content (AvgIpc) is 3.12. The molecular weight excluding hydrogens is 433 g/mol. The number of thiazole rings is 1. The van der Waals surface area contributed by atoms with Crippen molar-refractivity contribution in [1.29, 1.82) is 0 Å². The number of aromatic nitrogens is 1. The third-order valence-corrected chi connectivity index (χ3v) is 7.97. The molecule has 30 heavy (non-hydrogen) atoms. The molecule has 0 bridgehead atoms. The number of hydrogen-bond acceptors (Lipinski definition) is 7. The largest absolute Gasteiger partial charge is 0.467 e. The van der Waals surface area contributed by atoms with E-state index in [-0.39, 0.29) is 35.3 Å². The van der Waals surface area contributed by atoms with Crippen LogP contribution in [0.15, 0.2) is 41.3 Å². The van der Waals surface area contributed by atoms with Crippen LogP contribution in [-0.4, -0.2) is 41.8 Å². The van der Waals surface area contributed by atoms with Crippen LogP contribution in [0.25, 0.3) is 10.2 Å². The van der Waals surface area contributed by atoms with Crippen LogP contribution in [0.5, 0.6) is 5.19 Å². The highest BCUT2D eigenvalue weighted by molar-refractivity contribution is 7.89. The molecule has 2 aromatic carbocycles. The smallest absolute Gasteiger partial charge is 0.274 e. The second-order valence-electron chi connectivity index (χ2n) is 6.99. The SMILES string of the molecule is Cc1ccc([N+](=O)[O-])cc1S(=O)(=O)N1CCC(Oc2nc3c(F)cccc3s2)CC1. The van der Waals surface area contributed by atoms with E-state index in [0.29, 0.717) is 28.3 Å². The lowest BCUT2D eigenvalue weighted by Gasteiger charge is -2.31. The first-order valence-electron chi connectivity index (χ1n) is 9.22. The Morgan fingerprint density at radius 1 is 1.27 bits per heavy atom. The first kappa shape index (κ1) is 20.6. The summed E-state index contributed by atoms with van der Waals surface area (Å²) in [6.45, 7) is 2.04. The lowest BCUT2D eigenvalue weighted by molar-refractivity contribution is -0.385. The summed E-state index contributed by atoms with van der Waals surface area (Å²) in [5.41, 5.74) is 0.453. The fourth-order valence-corrected chi connectivity index (χ4v) is 6.01. The Labute approximate surface area is 176 Å². The highest BCUT2D eigenvalue weighted by Crippen LogP contribution is 2.32. The van der Waals surface area contributed by atoms with Gasteiger partial charge < -0.3 is 4.74 Å². The second-order valence-corrected chi connectivity index (χ2v) is 9.89. The third kappa shape index (κ3) is 3.87. The predicted octanol–water partition coefficient (Wildman–Crippen LogP) is 3.88. The molecule has 1 saturated heterocycles. The first-order chi connectivity index (χ1) is 14.3. The van der Waals surface area contributed by atoms with Gasteiger partial charge in [0.25, 0.3) is 10.9 Å². The van der Waals surface area contributed by atoms with Gasteiger partial charge in [-0.05, 0) is 37.5 Å². The first-order valence-corrected chi connectivity index (χ1v) is 11.5. The molecule has 0 amide bonds. The van der Waals surface area contributed by atoms with Crippen molar-refractivity contribution in [3.05, 3.63) is 57.9 Å². The number of non-ortho nitro benzene ring substituents is 1. The number of fused-ring (bicyclic) bond motifs is 1. The number of piperidine rings is 1. The van der Waals surface area contributed by atoms with Crippen LogP contribution >= 0.6 is 11.3 Å². The number of rotatable bonds is 5. The Bertz CT molecular complexity index is 1220. The summed E-state index contributed by atoms with van der Waals surface area (Å²) in [4.78, 5) is 14.5. The summed E-state index contributed by atoms with van der Waals surface area (Å²) in [5, 5.41) is 11.4. The topological polar surface area (TPSA) is 103 Å². The van der Waals surface area contributed by atoms with Gasteiger partial charge in [0.1, 0.15) is 17.4 Å². The second kappa shape index (κ2) is 7.89. The lowest BCUT2D eigenvalue weighted by atomic mass is 10.1. The molecule has 8 nitrogen and oxygen atoms in total. The minimum Gasteiger partial charge on any atom is -0.467 e. The predicted molar refractivity (Wildman–Crippen MR) is 110 cm³/mol. The molecule has 1 fully saturated rings. The van der Waals surface area contributed by atoms with E-state index in [1.165, 1.54) is 33.8 Å². The number of nitro groups is 1. The quantitative estimate of drug-likeness (QED) is 0.431. The fourth-order valence-electron chi connectivity index (χ4n) is 3.40. The highest BCUT2D eigenvalue weighted by atomic mass is 32.2. The minimum atomic E-state index is -3.86. The molecule has 1 aliphatic rings. The molecule has 0 aliphatic carbocycles. The van der Waals surface area contributed by atoms with Crippen molar-refractivity contribution >= 4 is 37.3 Å². The van der Waals surface area contributed by atoms with E-state index in [9.17, 15) is 22.9 Å². The highest BCUT2D eigenvalue weighted by Gasteiger charge is 2.32. The van der Waals surface area contributed by atoms with Crippen LogP contribution in [0.3, 0.4) is 0 Å². The van der Waals surface area contributed by atoms with E-state index in [1.807, 2.05) is 0 Å². The standard InChI is InChI=1S/C19H18FN3O5S2/c1-12-5-6-13(23(24)25)11-17(12)30(26,27)22-9-7-14(8-10-22)28-19-21-18-15(20)3-2-4-16(18)29-19/h2-6,11,14H,7-10H2,1H3. The number of aryl methyl sites for hydroxylation is 1. The molecule has 11 heteroatoms. The van der Waals surface area contributed by atoms with Gasteiger partial charge in [0, 0.05) is 25.2 Å². The molecule has 0 unspecified atom stereocenters. The van der Waals surface area contributed by atoms with Gasteiger partial charge in [-0.25, -0.2) is 12.8 Å². The van der Waals surface area contributed by atoms with Crippen LogP contribution in [0.2, 0.25) is 0 Å². The summed E-state index contributed by atoms with van der Waals surface area (Å²) in [7, 11) is -3.86. The van der Waals surface area contributed by atoms with Crippen molar-refractivity contribution in [2.24, 2.45) is 0 Å². The molecule has 0 saturated carbocycles. The van der Waals surface area contributed by atoms with Gasteiger partial charge in [0.05, 0.1) is 14.5 Å². The average molecular weight is 452 g/mol. The van der Waals surface area contributed by atoms with Gasteiger partial charge in [-0.1, -0.05) is 23.5 Å². The third-order valence-electron chi connectivity index (χ3n) is 5.02. The van der Waals surface area contributed by atoms with Crippen molar-refractivity contribution in [2.75, 3.05) is 13.1 Å². The molecule has 0 N–H and O–H groups in total. The van der Waals surface area contributed by atoms with E-state index >= 15 is 0 Å². The van der Waals surface area contributed by atoms with E-state index < -0.39 is 20.8 Å². The van der Waals surface area contributed by atoms with Crippen molar-refractivity contribution in [2.45, 2.75) is 30.8 Å². The summed E-state index contributed by atoms with van der Waals surface area (Å²) >= 11 is 1.25. The monoisotopic (exact) mass is 451 g/mol. The number of nitro benzene ring substituents is 1. The molecule has 158 valence electrons. The maximum atomic E-state index is 13.8. The summed E-state index contributed by atoms with van der Waals surface area (Å²) in [6, 6.07) is 8.54. The zero-order chi connectivity index (χ0) is 21.5. The van der Waals surface area contributed by atoms with Crippen LogP contribution in [0.1, 0.15) is 18.4 Å². The zero-order valence-corrected chi connectivity index (χ0v) is 17.6. The Balaban J connectivity index is 1.46. The van der Waals surface area contributed by atoms with Crippen molar-refractivity contribution in [3.8, 4) is 5.19 Å². The number of halogens is 1. The van der Waals surface area contributed by atoms with Crippen LogP contribution in [-0.2, 0) is 10.0 Å². The number of ether oxygens (including phenoxy) is 1. The van der Waals surface area contributed by atoms with Gasteiger partial charge in [-0.15, -0.1) is 0 Å². The molecule has 4 rings (SSSR count). The molecule has 1 aliphatic heterocycles. The Kier molecular flexibility index (Phi) is 5.43. The maximum absolute atomic E-state index is 13.8. The van der Waals surface area contributed by atoms with Crippen LogP contribution in [0.4, 0.5) is 10.1 Å². The van der Waals surface area contributed by atoms with Gasteiger partial charge in [-0.2, -0.15) is 9.29 Å². The van der Waals surface area contributed by atoms with Gasteiger partial charge in [0.2, 0.25) is 10.0 Å². The Morgan fingerprint density at radius 3 is 2.67 bits per heavy atom. The molecule has 3 aromatic rings. The normalized spacial score (nSPS) is 16.1. The fraction of sp³-hybridized carbons (Fsp3) is 0.316. The Hall–Kier alpha value is -2.63. The molecule has 1 aromatic heterocycles. The van der Waals surface area contributed by atoms with Gasteiger partial charge in [0.15, 0.2) is 0 Å². The molecular formula is C19H18FN3O5S2. The number of nitrogens with zero attached hydrogens (tertiary/aromatic N) is 3. The summed E-state index contributed by atoms with van der Waals surface area (Å²) in [6.07, 6.45) is 0.628. The van der Waals surface area contributed by atoms with Crippen molar-refractivity contribution in [3.63, 3.8) is 0 Å². The summed E-state index contributed by atoms with van der Waals surface area (Å²) < 4.78 is 47.7. The number of para-hydroxylation sites is 1. The molecule has 0 radical (unpaired) electrons. The molecule has 0 atom stereocenters. The molecule has 0 spiro atoms. The lowest BCUT2D eigenvalue weighted by Crippen LogP contribution is -2.41. The number of benzene rings is 2. The van der Waals surface area contributed by atoms with Crippen molar-refractivity contribution < 1.29 is 22.5 Å². The van der Waals surface area contributed by atoms with Gasteiger partial charge in [-0.3, -0.25) is 10.1 Å². The van der Waals surface area contributed by atoms with Gasteiger partial charge >= 0.3 is 0 Å². The van der Waals surface area contributed by atoms with Crippen molar-refractivity contribution in [1.82, 2.24) is 9.29 Å².